The zero-order valence-electron chi connectivity index (χ0n) is 16.9. The van der Waals surface area contributed by atoms with Crippen molar-refractivity contribution < 1.29 is 9.47 Å². The lowest BCUT2D eigenvalue weighted by molar-refractivity contribution is 0.354. The minimum atomic E-state index is 0.402. The molecule has 0 amide bonds. The van der Waals surface area contributed by atoms with E-state index in [1.807, 2.05) is 60.7 Å². The Morgan fingerprint density at radius 3 is 2.17 bits per heavy atom. The van der Waals surface area contributed by atoms with Gasteiger partial charge in [-0.25, -0.2) is 9.97 Å². The Morgan fingerprint density at radius 2 is 1.43 bits per heavy atom. The van der Waals surface area contributed by atoms with E-state index in [2.05, 4.69) is 22.4 Å². The Kier molecular flexibility index (Phi) is 5.94. The number of benzene rings is 3. The molecule has 0 aliphatic heterocycles. The second kappa shape index (κ2) is 9.13. The normalized spacial score (nSPS) is 11.1. The summed E-state index contributed by atoms with van der Waals surface area (Å²) < 4.78 is 10.6. The number of nitrogens with zero attached hydrogens (tertiary/aromatic N) is 4. The highest BCUT2D eigenvalue weighted by Gasteiger charge is 2.10. The molecule has 0 fully saturated rings. The SMILES string of the molecule is COc1ccc(CN=Nc2nc3ccccc3nc2Cc2ccccc2)cc1OC. The number of rotatable bonds is 7. The quantitative estimate of drug-likeness (QED) is 0.384. The lowest BCUT2D eigenvalue weighted by Gasteiger charge is -2.08. The average Bonchev–Trinajstić information content (AvgIpc) is 2.80. The summed E-state index contributed by atoms with van der Waals surface area (Å²) in [5.41, 5.74) is 4.57. The van der Waals surface area contributed by atoms with E-state index < -0.39 is 0 Å². The molecule has 30 heavy (non-hydrogen) atoms. The third kappa shape index (κ3) is 4.43. The van der Waals surface area contributed by atoms with E-state index in [-0.39, 0.29) is 0 Å². The van der Waals surface area contributed by atoms with Gasteiger partial charge in [-0.1, -0.05) is 48.5 Å². The first-order valence-corrected chi connectivity index (χ1v) is 9.65. The van der Waals surface area contributed by atoms with Crippen LogP contribution in [-0.2, 0) is 13.0 Å². The second-order valence-electron chi connectivity index (χ2n) is 6.73. The van der Waals surface area contributed by atoms with Gasteiger partial charge >= 0.3 is 0 Å². The maximum atomic E-state index is 5.36. The Bertz CT molecular complexity index is 1180. The Labute approximate surface area is 175 Å². The number of methoxy groups -OCH3 is 2. The highest BCUT2D eigenvalue weighted by Crippen LogP contribution is 2.28. The molecule has 0 spiro atoms. The largest absolute Gasteiger partial charge is 0.493 e. The minimum absolute atomic E-state index is 0.402. The van der Waals surface area contributed by atoms with Gasteiger partial charge in [-0.15, -0.1) is 5.11 Å². The summed E-state index contributed by atoms with van der Waals surface area (Å²) in [7, 11) is 3.23. The van der Waals surface area contributed by atoms with Crippen molar-refractivity contribution >= 4 is 16.9 Å². The monoisotopic (exact) mass is 398 g/mol. The summed E-state index contributed by atoms with van der Waals surface area (Å²) >= 11 is 0. The number of aromatic nitrogens is 2. The number of para-hydroxylation sites is 2. The van der Waals surface area contributed by atoms with Crippen molar-refractivity contribution in [1.82, 2.24) is 9.97 Å². The first kappa shape index (κ1) is 19.5. The number of hydrogen-bond donors (Lipinski definition) is 0. The van der Waals surface area contributed by atoms with Crippen molar-refractivity contribution in [3.63, 3.8) is 0 Å². The Balaban J connectivity index is 1.63. The van der Waals surface area contributed by atoms with E-state index >= 15 is 0 Å². The lowest BCUT2D eigenvalue weighted by atomic mass is 10.1. The topological polar surface area (TPSA) is 69.0 Å². The number of ether oxygens (including phenoxy) is 2. The van der Waals surface area contributed by atoms with Crippen LogP contribution >= 0.6 is 0 Å². The standard InChI is InChI=1S/C24H22N4O2/c1-29-22-13-12-18(15-23(22)30-2)16-25-28-24-21(14-17-8-4-3-5-9-17)26-19-10-6-7-11-20(19)27-24/h3-13,15H,14,16H2,1-2H3. The fraction of sp³-hybridized carbons (Fsp3) is 0.167. The third-order valence-corrected chi connectivity index (χ3v) is 4.70. The summed E-state index contributed by atoms with van der Waals surface area (Å²) in [6.45, 7) is 0.402. The highest BCUT2D eigenvalue weighted by molar-refractivity contribution is 5.75. The molecular weight excluding hydrogens is 376 g/mol. The van der Waals surface area contributed by atoms with Gasteiger partial charge in [0.15, 0.2) is 17.3 Å². The van der Waals surface area contributed by atoms with Gasteiger partial charge in [-0.3, -0.25) is 0 Å². The molecule has 0 saturated carbocycles. The van der Waals surface area contributed by atoms with Crippen molar-refractivity contribution in [2.24, 2.45) is 10.2 Å². The minimum Gasteiger partial charge on any atom is -0.493 e. The average molecular weight is 398 g/mol. The summed E-state index contributed by atoms with van der Waals surface area (Å²) in [4.78, 5) is 9.49. The van der Waals surface area contributed by atoms with Crippen LogP contribution in [0.1, 0.15) is 16.8 Å². The first-order chi connectivity index (χ1) is 14.8. The molecule has 1 heterocycles. The zero-order chi connectivity index (χ0) is 20.8. The second-order valence-corrected chi connectivity index (χ2v) is 6.73. The molecule has 0 radical (unpaired) electrons. The molecule has 0 aliphatic carbocycles. The number of hydrogen-bond acceptors (Lipinski definition) is 6. The van der Waals surface area contributed by atoms with Crippen molar-refractivity contribution in [2.45, 2.75) is 13.0 Å². The van der Waals surface area contributed by atoms with Gasteiger partial charge in [0.25, 0.3) is 0 Å². The fourth-order valence-corrected chi connectivity index (χ4v) is 3.18. The van der Waals surface area contributed by atoms with Crippen LogP contribution in [0.4, 0.5) is 5.82 Å². The van der Waals surface area contributed by atoms with Crippen LogP contribution in [0.15, 0.2) is 83.0 Å². The van der Waals surface area contributed by atoms with Gasteiger partial charge in [-0.05, 0) is 35.4 Å². The molecule has 150 valence electrons. The molecule has 0 atom stereocenters. The molecule has 6 nitrogen and oxygen atoms in total. The van der Waals surface area contributed by atoms with Crippen LogP contribution in [0.3, 0.4) is 0 Å². The molecule has 0 N–H and O–H groups in total. The van der Waals surface area contributed by atoms with Crippen LogP contribution < -0.4 is 9.47 Å². The van der Waals surface area contributed by atoms with Crippen LogP contribution in [0, 0.1) is 0 Å². The van der Waals surface area contributed by atoms with Gasteiger partial charge in [0.2, 0.25) is 0 Å². The number of fused-ring (bicyclic) bond motifs is 1. The molecule has 0 aliphatic rings. The zero-order valence-corrected chi connectivity index (χ0v) is 16.9. The van der Waals surface area contributed by atoms with E-state index in [1.165, 1.54) is 0 Å². The summed E-state index contributed by atoms with van der Waals surface area (Å²) in [5.74, 6) is 1.89. The fourth-order valence-electron chi connectivity index (χ4n) is 3.18. The molecule has 6 heteroatoms. The third-order valence-electron chi connectivity index (χ3n) is 4.70. The van der Waals surface area contributed by atoms with Gasteiger partial charge < -0.3 is 9.47 Å². The van der Waals surface area contributed by atoms with E-state index in [4.69, 9.17) is 19.4 Å². The molecule has 0 bridgehead atoms. The van der Waals surface area contributed by atoms with E-state index in [0.717, 1.165) is 27.9 Å². The molecule has 0 unspecified atom stereocenters. The van der Waals surface area contributed by atoms with Crippen LogP contribution in [0.2, 0.25) is 0 Å². The van der Waals surface area contributed by atoms with Crippen molar-refractivity contribution in [2.75, 3.05) is 14.2 Å². The van der Waals surface area contributed by atoms with Crippen LogP contribution in [0.25, 0.3) is 11.0 Å². The highest BCUT2D eigenvalue weighted by atomic mass is 16.5. The molecule has 4 aromatic rings. The van der Waals surface area contributed by atoms with Gasteiger partial charge in [0.1, 0.15) is 0 Å². The van der Waals surface area contributed by atoms with Gasteiger partial charge in [0, 0.05) is 6.42 Å². The Hall–Kier alpha value is -3.80. The maximum Gasteiger partial charge on any atom is 0.196 e. The molecule has 3 aromatic carbocycles. The molecule has 0 saturated heterocycles. The van der Waals surface area contributed by atoms with Crippen LogP contribution in [0.5, 0.6) is 11.5 Å². The molecule has 4 rings (SSSR count). The predicted molar refractivity (Wildman–Crippen MR) is 117 cm³/mol. The van der Waals surface area contributed by atoms with Gasteiger partial charge in [0.05, 0.1) is 37.5 Å². The summed E-state index contributed by atoms with van der Waals surface area (Å²) in [6.07, 6.45) is 0.642. The number of azo groups is 1. The molecular formula is C24H22N4O2. The first-order valence-electron chi connectivity index (χ1n) is 9.65. The predicted octanol–water partition coefficient (Wildman–Crippen LogP) is 5.52. The maximum absolute atomic E-state index is 5.36. The van der Waals surface area contributed by atoms with Crippen molar-refractivity contribution in [1.29, 1.82) is 0 Å². The summed E-state index contributed by atoms with van der Waals surface area (Å²) in [5, 5.41) is 8.80. The molecule has 1 aromatic heterocycles. The Morgan fingerprint density at radius 1 is 0.733 bits per heavy atom. The van der Waals surface area contributed by atoms with Crippen molar-refractivity contribution in [3.8, 4) is 11.5 Å². The van der Waals surface area contributed by atoms with E-state index in [0.29, 0.717) is 30.3 Å². The lowest BCUT2D eigenvalue weighted by Crippen LogP contribution is -1.96. The van der Waals surface area contributed by atoms with E-state index in [1.54, 1.807) is 14.2 Å². The van der Waals surface area contributed by atoms with E-state index in [9.17, 15) is 0 Å². The van der Waals surface area contributed by atoms with Crippen molar-refractivity contribution in [3.05, 3.63) is 89.6 Å². The van der Waals surface area contributed by atoms with Crippen LogP contribution in [-0.4, -0.2) is 24.2 Å². The summed E-state index contributed by atoms with van der Waals surface area (Å²) in [6, 6.07) is 23.7. The van der Waals surface area contributed by atoms with Gasteiger partial charge in [-0.2, -0.15) is 5.11 Å². The smallest absolute Gasteiger partial charge is 0.196 e.